The van der Waals surface area contributed by atoms with E-state index >= 15 is 0 Å². The van der Waals surface area contributed by atoms with Gasteiger partial charge in [-0.25, -0.2) is 0 Å². The molecule has 1 aliphatic rings. The van der Waals surface area contributed by atoms with Crippen LogP contribution in [0.4, 0.5) is 0 Å². The molecule has 0 aliphatic carbocycles. The third-order valence-corrected chi connectivity index (χ3v) is 3.23. The number of hydrogen-bond acceptors (Lipinski definition) is 3. The van der Waals surface area contributed by atoms with Crippen molar-refractivity contribution < 1.29 is 9.47 Å². The van der Waals surface area contributed by atoms with E-state index < -0.39 is 0 Å². The van der Waals surface area contributed by atoms with E-state index in [1.54, 1.807) is 7.11 Å². The molecule has 0 saturated carbocycles. The fourth-order valence-corrected chi connectivity index (χ4v) is 2.25. The molecule has 1 saturated heterocycles. The largest absolute Gasteiger partial charge is 0.382 e. The van der Waals surface area contributed by atoms with Crippen molar-refractivity contribution in [3.05, 3.63) is 0 Å². The molecule has 0 amide bonds. The fraction of sp³-hybridized carbons (Fsp3) is 1.00. The van der Waals surface area contributed by atoms with Gasteiger partial charge in [0.15, 0.2) is 0 Å². The summed E-state index contributed by atoms with van der Waals surface area (Å²) in [4.78, 5) is 0. The van der Waals surface area contributed by atoms with Gasteiger partial charge in [-0.15, -0.1) is 0 Å². The molecule has 90 valence electrons. The summed E-state index contributed by atoms with van der Waals surface area (Å²) < 4.78 is 10.9. The molecular formula is C12H25NO2. The van der Waals surface area contributed by atoms with Crippen LogP contribution >= 0.6 is 0 Å². The zero-order valence-electron chi connectivity index (χ0n) is 10.3. The van der Waals surface area contributed by atoms with Gasteiger partial charge in [-0.05, 0) is 32.7 Å². The molecule has 0 aromatic heterocycles. The van der Waals surface area contributed by atoms with Crippen LogP contribution < -0.4 is 5.32 Å². The minimum atomic E-state index is 0.310. The van der Waals surface area contributed by atoms with Crippen LogP contribution in [0.5, 0.6) is 0 Å². The van der Waals surface area contributed by atoms with Gasteiger partial charge < -0.3 is 14.8 Å². The van der Waals surface area contributed by atoms with Crippen LogP contribution in [0.1, 0.15) is 33.1 Å². The van der Waals surface area contributed by atoms with Gasteiger partial charge in [-0.2, -0.15) is 0 Å². The lowest BCUT2D eigenvalue weighted by Crippen LogP contribution is -2.38. The van der Waals surface area contributed by atoms with E-state index in [1.807, 2.05) is 0 Å². The van der Waals surface area contributed by atoms with Crippen LogP contribution in [-0.4, -0.2) is 39.5 Å². The summed E-state index contributed by atoms with van der Waals surface area (Å²) in [6.45, 7) is 8.29. The lowest BCUT2D eigenvalue weighted by Gasteiger charge is -2.30. The Kier molecular flexibility index (Phi) is 5.58. The van der Waals surface area contributed by atoms with Crippen molar-refractivity contribution in [2.24, 2.45) is 5.41 Å². The monoisotopic (exact) mass is 215 g/mol. The smallest absolute Gasteiger partial charge is 0.0549 e. The molecule has 2 atom stereocenters. The predicted octanol–water partition coefficient (Wildman–Crippen LogP) is 1.82. The van der Waals surface area contributed by atoms with Crippen LogP contribution in [0.15, 0.2) is 0 Å². The molecule has 1 fully saturated rings. The molecule has 1 aliphatic heterocycles. The molecule has 0 aromatic carbocycles. The topological polar surface area (TPSA) is 30.5 Å². The van der Waals surface area contributed by atoms with E-state index in [2.05, 4.69) is 19.2 Å². The predicted molar refractivity (Wildman–Crippen MR) is 62.1 cm³/mol. The number of methoxy groups -OCH3 is 1. The Hall–Kier alpha value is -0.120. The number of ether oxygens (including phenoxy) is 2. The average molecular weight is 215 g/mol. The molecule has 0 spiro atoms. The van der Waals surface area contributed by atoms with E-state index in [4.69, 9.17) is 9.47 Å². The first-order valence-corrected chi connectivity index (χ1v) is 6.04. The second-order valence-electron chi connectivity index (χ2n) is 4.73. The third kappa shape index (κ3) is 4.09. The maximum absolute atomic E-state index is 5.54. The molecule has 3 nitrogen and oxygen atoms in total. The summed E-state index contributed by atoms with van der Waals surface area (Å²) >= 11 is 0. The molecule has 2 unspecified atom stereocenters. The van der Waals surface area contributed by atoms with Crippen LogP contribution in [0.3, 0.4) is 0 Å². The van der Waals surface area contributed by atoms with Crippen LogP contribution in [0, 0.1) is 5.41 Å². The average Bonchev–Trinajstić information content (AvgIpc) is 2.67. The second kappa shape index (κ2) is 6.46. The summed E-state index contributed by atoms with van der Waals surface area (Å²) in [5.41, 5.74) is 0.310. The Morgan fingerprint density at radius 1 is 1.53 bits per heavy atom. The normalized spacial score (nSPS) is 28.2. The van der Waals surface area contributed by atoms with E-state index in [1.165, 1.54) is 6.42 Å². The zero-order valence-corrected chi connectivity index (χ0v) is 10.3. The van der Waals surface area contributed by atoms with Crippen molar-refractivity contribution in [2.45, 2.75) is 39.2 Å². The summed E-state index contributed by atoms with van der Waals surface area (Å²) in [5.74, 6) is 0. The quantitative estimate of drug-likeness (QED) is 0.657. The van der Waals surface area contributed by atoms with Crippen LogP contribution in [-0.2, 0) is 9.47 Å². The van der Waals surface area contributed by atoms with Crippen molar-refractivity contribution >= 4 is 0 Å². The summed E-state index contributed by atoms with van der Waals surface area (Å²) in [5, 5.41) is 3.51. The number of hydrogen-bond donors (Lipinski definition) is 1. The molecule has 3 heteroatoms. The summed E-state index contributed by atoms with van der Waals surface area (Å²) in [7, 11) is 1.79. The highest BCUT2D eigenvalue weighted by Crippen LogP contribution is 2.33. The van der Waals surface area contributed by atoms with Crippen molar-refractivity contribution in [3.63, 3.8) is 0 Å². The van der Waals surface area contributed by atoms with E-state index in [-0.39, 0.29) is 0 Å². The van der Waals surface area contributed by atoms with Crippen LogP contribution in [0.2, 0.25) is 0 Å². The van der Waals surface area contributed by atoms with Crippen molar-refractivity contribution in [1.29, 1.82) is 0 Å². The highest BCUT2D eigenvalue weighted by Gasteiger charge is 2.35. The Morgan fingerprint density at radius 2 is 2.33 bits per heavy atom. The lowest BCUT2D eigenvalue weighted by molar-refractivity contribution is 0.0545. The standard InChI is InChI=1S/C12H25NO2/c1-4-6-13-9-12(5-7-15-10-12)8-11(2)14-3/h11,13H,4-10H2,1-3H3. The number of nitrogens with one attached hydrogen (secondary N) is 1. The van der Waals surface area contributed by atoms with E-state index in [0.717, 1.165) is 39.1 Å². The fourth-order valence-electron chi connectivity index (χ4n) is 2.25. The zero-order chi connectivity index (χ0) is 11.1. The van der Waals surface area contributed by atoms with Gasteiger partial charge in [0.2, 0.25) is 0 Å². The van der Waals surface area contributed by atoms with Gasteiger partial charge in [0.25, 0.3) is 0 Å². The van der Waals surface area contributed by atoms with Gasteiger partial charge in [0.1, 0.15) is 0 Å². The number of rotatable bonds is 7. The minimum absolute atomic E-state index is 0.310. The molecule has 1 rings (SSSR count). The van der Waals surface area contributed by atoms with Gasteiger partial charge >= 0.3 is 0 Å². The molecule has 0 aromatic rings. The van der Waals surface area contributed by atoms with Crippen molar-refractivity contribution in [3.8, 4) is 0 Å². The highest BCUT2D eigenvalue weighted by molar-refractivity contribution is 4.87. The van der Waals surface area contributed by atoms with Gasteiger partial charge in [0, 0.05) is 25.7 Å². The lowest BCUT2D eigenvalue weighted by atomic mass is 9.81. The minimum Gasteiger partial charge on any atom is -0.382 e. The first-order chi connectivity index (χ1) is 7.22. The molecule has 1 heterocycles. The Balaban J connectivity index is 2.39. The Morgan fingerprint density at radius 3 is 2.87 bits per heavy atom. The SMILES string of the molecule is CCCNCC1(CC(C)OC)CCOC1. The molecular weight excluding hydrogens is 190 g/mol. The second-order valence-corrected chi connectivity index (χ2v) is 4.73. The molecule has 0 bridgehead atoms. The van der Waals surface area contributed by atoms with E-state index in [9.17, 15) is 0 Å². The van der Waals surface area contributed by atoms with Crippen LogP contribution in [0.25, 0.3) is 0 Å². The van der Waals surface area contributed by atoms with Crippen molar-refractivity contribution in [1.82, 2.24) is 5.32 Å². The molecule has 15 heavy (non-hydrogen) atoms. The maximum atomic E-state index is 5.54. The van der Waals surface area contributed by atoms with Gasteiger partial charge in [-0.3, -0.25) is 0 Å². The van der Waals surface area contributed by atoms with Crippen molar-refractivity contribution in [2.75, 3.05) is 33.4 Å². The highest BCUT2D eigenvalue weighted by atomic mass is 16.5. The molecule has 1 N–H and O–H groups in total. The van der Waals surface area contributed by atoms with Gasteiger partial charge in [-0.1, -0.05) is 6.92 Å². The van der Waals surface area contributed by atoms with Gasteiger partial charge in [0.05, 0.1) is 12.7 Å². The third-order valence-electron chi connectivity index (χ3n) is 3.23. The first kappa shape index (κ1) is 12.9. The Labute approximate surface area is 93.5 Å². The summed E-state index contributed by atoms with van der Waals surface area (Å²) in [6.07, 6.45) is 3.78. The Bertz CT molecular complexity index is 167. The first-order valence-electron chi connectivity index (χ1n) is 6.04. The summed E-state index contributed by atoms with van der Waals surface area (Å²) in [6, 6.07) is 0. The maximum Gasteiger partial charge on any atom is 0.0549 e. The molecule has 0 radical (unpaired) electrons. The van der Waals surface area contributed by atoms with E-state index in [0.29, 0.717) is 11.5 Å².